The minimum absolute atomic E-state index is 0.0542. The second-order valence-electron chi connectivity index (χ2n) is 6.30. The van der Waals surface area contributed by atoms with E-state index in [1.165, 1.54) is 11.8 Å². The third kappa shape index (κ3) is 3.69. The highest BCUT2D eigenvalue weighted by Crippen LogP contribution is 2.25. The maximum Gasteiger partial charge on any atom is 0.246 e. The van der Waals surface area contributed by atoms with Crippen molar-refractivity contribution in [3.8, 4) is 0 Å². The van der Waals surface area contributed by atoms with Crippen molar-refractivity contribution in [1.82, 2.24) is 10.2 Å². The number of primary amides is 1. The first-order valence-corrected chi connectivity index (χ1v) is 6.59. The topological polar surface area (TPSA) is 113 Å². The summed E-state index contributed by atoms with van der Waals surface area (Å²) in [5.74, 6) is -1.37. The molecular weight excluding hydrogens is 262 g/mol. The molecular formula is C13H23N3O4. The molecule has 114 valence electrons. The van der Waals surface area contributed by atoms with E-state index in [0.29, 0.717) is 0 Å². The van der Waals surface area contributed by atoms with Crippen molar-refractivity contribution in [2.24, 2.45) is 11.1 Å². The fraction of sp³-hybridized carbons (Fsp3) is 0.769. The van der Waals surface area contributed by atoms with Crippen LogP contribution in [0.1, 0.15) is 34.1 Å². The smallest absolute Gasteiger partial charge is 0.246 e. The molecule has 0 bridgehead atoms. The molecule has 1 rings (SSSR count). The summed E-state index contributed by atoms with van der Waals surface area (Å²) >= 11 is 0. The second kappa shape index (κ2) is 5.78. The SMILES string of the molecule is CC(=O)N[C@H](C(=O)N1CC(O)C[C@H]1C(N)=O)C(C)(C)C. The van der Waals surface area contributed by atoms with Crippen LogP contribution in [0.5, 0.6) is 0 Å². The Balaban J connectivity index is 2.99. The Kier molecular flexibility index (Phi) is 4.75. The number of carbonyl (C=O) groups is 3. The molecule has 0 aromatic rings. The first-order chi connectivity index (χ1) is 9.04. The van der Waals surface area contributed by atoms with Gasteiger partial charge in [0.1, 0.15) is 12.1 Å². The van der Waals surface area contributed by atoms with Gasteiger partial charge in [-0.2, -0.15) is 0 Å². The van der Waals surface area contributed by atoms with Gasteiger partial charge in [0, 0.05) is 19.9 Å². The summed E-state index contributed by atoms with van der Waals surface area (Å²) in [5, 5.41) is 12.3. The molecule has 0 aromatic heterocycles. The van der Waals surface area contributed by atoms with E-state index in [1.807, 2.05) is 20.8 Å². The summed E-state index contributed by atoms with van der Waals surface area (Å²) in [6.07, 6.45) is -0.632. The van der Waals surface area contributed by atoms with Crippen LogP contribution in [-0.4, -0.2) is 52.5 Å². The van der Waals surface area contributed by atoms with Crippen molar-refractivity contribution < 1.29 is 19.5 Å². The molecule has 1 aliphatic rings. The van der Waals surface area contributed by atoms with Crippen LogP contribution in [0.4, 0.5) is 0 Å². The van der Waals surface area contributed by atoms with E-state index < -0.39 is 35.4 Å². The molecule has 1 fully saturated rings. The predicted molar refractivity (Wildman–Crippen MR) is 72.4 cm³/mol. The zero-order valence-corrected chi connectivity index (χ0v) is 12.3. The molecule has 0 radical (unpaired) electrons. The Morgan fingerprint density at radius 2 is 1.90 bits per heavy atom. The van der Waals surface area contributed by atoms with Crippen LogP contribution in [0.3, 0.4) is 0 Å². The second-order valence-corrected chi connectivity index (χ2v) is 6.30. The van der Waals surface area contributed by atoms with Crippen molar-refractivity contribution in [1.29, 1.82) is 0 Å². The third-order valence-electron chi connectivity index (χ3n) is 3.35. The number of nitrogens with one attached hydrogen (secondary N) is 1. The zero-order valence-electron chi connectivity index (χ0n) is 12.3. The van der Waals surface area contributed by atoms with E-state index in [0.717, 1.165) is 0 Å². The summed E-state index contributed by atoms with van der Waals surface area (Å²) in [5.41, 5.74) is 4.75. The number of likely N-dealkylation sites (tertiary alicyclic amines) is 1. The summed E-state index contributed by atoms with van der Waals surface area (Å²) in [6.45, 7) is 6.83. The highest BCUT2D eigenvalue weighted by Gasteiger charge is 2.43. The minimum Gasteiger partial charge on any atom is -0.391 e. The van der Waals surface area contributed by atoms with Gasteiger partial charge in [-0.15, -0.1) is 0 Å². The van der Waals surface area contributed by atoms with Crippen LogP contribution in [0, 0.1) is 5.41 Å². The number of nitrogens with two attached hydrogens (primary N) is 1. The third-order valence-corrected chi connectivity index (χ3v) is 3.35. The van der Waals surface area contributed by atoms with Crippen molar-refractivity contribution in [2.45, 2.75) is 52.3 Å². The average molecular weight is 285 g/mol. The van der Waals surface area contributed by atoms with Crippen LogP contribution < -0.4 is 11.1 Å². The number of nitrogens with zero attached hydrogens (tertiary/aromatic N) is 1. The van der Waals surface area contributed by atoms with E-state index >= 15 is 0 Å². The lowest BCUT2D eigenvalue weighted by atomic mass is 9.85. The molecule has 0 aliphatic carbocycles. The van der Waals surface area contributed by atoms with E-state index in [-0.39, 0.29) is 18.9 Å². The van der Waals surface area contributed by atoms with E-state index in [4.69, 9.17) is 5.73 Å². The molecule has 1 heterocycles. The van der Waals surface area contributed by atoms with Crippen LogP contribution in [0.2, 0.25) is 0 Å². The normalized spacial score (nSPS) is 24.4. The standard InChI is InChI=1S/C13H23N3O4/c1-7(17)15-10(13(2,3)4)12(20)16-6-8(18)5-9(16)11(14)19/h8-10,18H,5-6H2,1-4H3,(H2,14,19)(H,15,17)/t8?,9-,10+/m0/s1. The number of hydrogen-bond donors (Lipinski definition) is 3. The van der Waals surface area contributed by atoms with E-state index in [9.17, 15) is 19.5 Å². The number of aliphatic hydroxyl groups is 1. The Hall–Kier alpha value is -1.63. The summed E-state index contributed by atoms with van der Waals surface area (Å²) in [6, 6.07) is -1.59. The lowest BCUT2D eigenvalue weighted by Crippen LogP contribution is -2.57. The number of β-amino-alcohol motifs (C(OH)–C–C–N with tert-alkyl or cyclic N) is 1. The predicted octanol–water partition coefficient (Wildman–Crippen LogP) is -1.02. The van der Waals surface area contributed by atoms with E-state index in [1.54, 1.807) is 0 Å². The van der Waals surface area contributed by atoms with Gasteiger partial charge in [-0.05, 0) is 5.41 Å². The molecule has 3 atom stereocenters. The van der Waals surface area contributed by atoms with Gasteiger partial charge in [0.05, 0.1) is 6.10 Å². The Morgan fingerprint density at radius 3 is 2.30 bits per heavy atom. The number of aliphatic hydroxyl groups excluding tert-OH is 1. The van der Waals surface area contributed by atoms with Gasteiger partial charge in [-0.1, -0.05) is 20.8 Å². The number of hydrogen-bond acceptors (Lipinski definition) is 4. The molecule has 0 spiro atoms. The molecule has 4 N–H and O–H groups in total. The van der Waals surface area contributed by atoms with Gasteiger partial charge >= 0.3 is 0 Å². The van der Waals surface area contributed by atoms with Crippen molar-refractivity contribution in [2.75, 3.05) is 6.54 Å². The molecule has 3 amide bonds. The summed E-state index contributed by atoms with van der Waals surface area (Å²) < 4.78 is 0. The average Bonchev–Trinajstić information content (AvgIpc) is 2.65. The van der Waals surface area contributed by atoms with Crippen LogP contribution in [0.25, 0.3) is 0 Å². The van der Waals surface area contributed by atoms with Crippen molar-refractivity contribution >= 4 is 17.7 Å². The quantitative estimate of drug-likeness (QED) is 0.616. The van der Waals surface area contributed by atoms with Crippen LogP contribution >= 0.6 is 0 Å². The van der Waals surface area contributed by atoms with Gasteiger partial charge in [0.2, 0.25) is 17.7 Å². The first kappa shape index (κ1) is 16.4. The van der Waals surface area contributed by atoms with Gasteiger partial charge < -0.3 is 21.1 Å². The van der Waals surface area contributed by atoms with Gasteiger partial charge in [-0.3, -0.25) is 14.4 Å². The summed E-state index contributed by atoms with van der Waals surface area (Å²) in [7, 11) is 0. The number of amides is 3. The molecule has 1 saturated heterocycles. The molecule has 7 heteroatoms. The van der Waals surface area contributed by atoms with E-state index in [2.05, 4.69) is 5.32 Å². The molecule has 0 saturated carbocycles. The zero-order chi connectivity index (χ0) is 15.7. The fourth-order valence-electron chi connectivity index (χ4n) is 2.34. The molecule has 7 nitrogen and oxygen atoms in total. The van der Waals surface area contributed by atoms with Crippen molar-refractivity contribution in [3.05, 3.63) is 0 Å². The summed E-state index contributed by atoms with van der Waals surface area (Å²) in [4.78, 5) is 36.5. The van der Waals surface area contributed by atoms with Gasteiger partial charge in [-0.25, -0.2) is 0 Å². The molecule has 20 heavy (non-hydrogen) atoms. The highest BCUT2D eigenvalue weighted by molar-refractivity contribution is 5.92. The Bertz CT molecular complexity index is 416. The molecule has 1 aliphatic heterocycles. The maximum atomic E-state index is 12.6. The highest BCUT2D eigenvalue weighted by atomic mass is 16.3. The monoisotopic (exact) mass is 285 g/mol. The largest absolute Gasteiger partial charge is 0.391 e. The van der Waals surface area contributed by atoms with Crippen LogP contribution in [0.15, 0.2) is 0 Å². The lowest BCUT2D eigenvalue weighted by molar-refractivity contribution is -0.143. The molecule has 1 unspecified atom stereocenters. The van der Waals surface area contributed by atoms with Gasteiger partial charge in [0.25, 0.3) is 0 Å². The van der Waals surface area contributed by atoms with Gasteiger partial charge in [0.15, 0.2) is 0 Å². The number of rotatable bonds is 3. The molecule has 0 aromatic carbocycles. The number of carbonyl (C=O) groups excluding carboxylic acids is 3. The first-order valence-electron chi connectivity index (χ1n) is 6.59. The lowest BCUT2D eigenvalue weighted by Gasteiger charge is -2.34. The Morgan fingerprint density at radius 1 is 1.35 bits per heavy atom. The Labute approximate surface area is 118 Å². The van der Waals surface area contributed by atoms with Crippen molar-refractivity contribution in [3.63, 3.8) is 0 Å². The fourth-order valence-corrected chi connectivity index (χ4v) is 2.34. The maximum absolute atomic E-state index is 12.6. The minimum atomic E-state index is -0.823. The van der Waals surface area contributed by atoms with Crippen LogP contribution in [-0.2, 0) is 14.4 Å².